The molecule has 1 amide bonds. The molecule has 1 aromatic rings. The molecule has 1 atom stereocenters. The number of hydrogen-bond acceptors (Lipinski definition) is 3. The van der Waals surface area contributed by atoms with Crippen LogP contribution in [0.5, 0.6) is 0 Å². The summed E-state index contributed by atoms with van der Waals surface area (Å²) in [6, 6.07) is 0. The summed E-state index contributed by atoms with van der Waals surface area (Å²) >= 11 is 1.70. The van der Waals surface area contributed by atoms with E-state index in [9.17, 15) is 4.79 Å². The van der Waals surface area contributed by atoms with E-state index in [2.05, 4.69) is 10.3 Å². The second kappa shape index (κ2) is 5.43. The lowest BCUT2D eigenvalue weighted by atomic mass is 9.96. The molecule has 2 heterocycles. The summed E-state index contributed by atoms with van der Waals surface area (Å²) < 4.78 is 0. The SMILES string of the molecule is Cc1ncsc1CCC1CCCCNC1=O. The third kappa shape index (κ3) is 2.82. The third-order valence-electron chi connectivity index (χ3n) is 3.21. The zero-order valence-corrected chi connectivity index (χ0v) is 10.5. The topological polar surface area (TPSA) is 42.0 Å². The van der Waals surface area contributed by atoms with Crippen molar-refractivity contribution < 1.29 is 4.79 Å². The summed E-state index contributed by atoms with van der Waals surface area (Å²) in [6.07, 6.45) is 5.31. The van der Waals surface area contributed by atoms with Crippen molar-refractivity contribution in [1.29, 1.82) is 0 Å². The van der Waals surface area contributed by atoms with Gasteiger partial charge in [-0.1, -0.05) is 6.42 Å². The molecule has 3 nitrogen and oxygen atoms in total. The Morgan fingerprint density at radius 1 is 1.56 bits per heavy atom. The Balaban J connectivity index is 1.89. The highest BCUT2D eigenvalue weighted by Crippen LogP contribution is 2.21. The molecule has 1 N–H and O–H groups in total. The Hall–Kier alpha value is -0.900. The van der Waals surface area contributed by atoms with Crippen LogP contribution in [0.2, 0.25) is 0 Å². The molecule has 0 bridgehead atoms. The van der Waals surface area contributed by atoms with Gasteiger partial charge in [0.05, 0.1) is 11.2 Å². The predicted octanol–water partition coefficient (Wildman–Crippen LogP) is 2.30. The van der Waals surface area contributed by atoms with E-state index in [0.717, 1.165) is 37.9 Å². The number of carbonyl (C=O) groups is 1. The smallest absolute Gasteiger partial charge is 0.223 e. The van der Waals surface area contributed by atoms with Gasteiger partial charge < -0.3 is 5.32 Å². The summed E-state index contributed by atoms with van der Waals surface area (Å²) in [5, 5.41) is 2.99. The first-order valence-corrected chi connectivity index (χ1v) is 6.82. The number of carbonyl (C=O) groups excluding carboxylic acids is 1. The van der Waals surface area contributed by atoms with Crippen LogP contribution < -0.4 is 5.32 Å². The summed E-state index contributed by atoms with van der Waals surface area (Å²) in [5.74, 6) is 0.462. The fourth-order valence-corrected chi connectivity index (χ4v) is 2.95. The van der Waals surface area contributed by atoms with Gasteiger partial charge in [-0.2, -0.15) is 0 Å². The lowest BCUT2D eigenvalue weighted by Gasteiger charge is -2.12. The Labute approximate surface area is 100 Å². The monoisotopic (exact) mass is 238 g/mol. The van der Waals surface area contributed by atoms with E-state index in [1.807, 2.05) is 12.4 Å². The summed E-state index contributed by atoms with van der Waals surface area (Å²) in [5.41, 5.74) is 3.01. The lowest BCUT2D eigenvalue weighted by Crippen LogP contribution is -2.29. The lowest BCUT2D eigenvalue weighted by molar-refractivity contribution is -0.124. The molecule has 1 aromatic heterocycles. The molecule has 1 saturated heterocycles. The normalized spacial score (nSPS) is 21.6. The van der Waals surface area contributed by atoms with E-state index in [0.29, 0.717) is 0 Å². The maximum absolute atomic E-state index is 11.7. The zero-order chi connectivity index (χ0) is 11.4. The number of amides is 1. The fourth-order valence-electron chi connectivity index (χ4n) is 2.15. The second-order valence-electron chi connectivity index (χ2n) is 4.38. The minimum Gasteiger partial charge on any atom is -0.356 e. The van der Waals surface area contributed by atoms with Crippen molar-refractivity contribution in [2.45, 2.75) is 39.0 Å². The highest BCUT2D eigenvalue weighted by molar-refractivity contribution is 7.09. The number of aromatic nitrogens is 1. The minimum atomic E-state index is 0.212. The number of nitrogens with zero attached hydrogens (tertiary/aromatic N) is 1. The molecule has 0 radical (unpaired) electrons. The molecule has 0 aromatic carbocycles. The first-order chi connectivity index (χ1) is 7.77. The Morgan fingerprint density at radius 2 is 2.44 bits per heavy atom. The van der Waals surface area contributed by atoms with Gasteiger partial charge in [-0.3, -0.25) is 4.79 Å². The summed E-state index contributed by atoms with van der Waals surface area (Å²) in [6.45, 7) is 2.90. The van der Waals surface area contributed by atoms with E-state index >= 15 is 0 Å². The third-order valence-corrected chi connectivity index (χ3v) is 4.21. The van der Waals surface area contributed by atoms with Crippen molar-refractivity contribution in [1.82, 2.24) is 10.3 Å². The Morgan fingerprint density at radius 3 is 3.19 bits per heavy atom. The second-order valence-corrected chi connectivity index (χ2v) is 5.32. The molecule has 0 saturated carbocycles. The molecule has 1 fully saturated rings. The largest absolute Gasteiger partial charge is 0.356 e. The van der Waals surface area contributed by atoms with Crippen molar-refractivity contribution in [2.24, 2.45) is 5.92 Å². The predicted molar refractivity (Wildman–Crippen MR) is 65.5 cm³/mol. The standard InChI is InChI=1S/C12H18N2OS/c1-9-11(16-8-14-9)6-5-10-4-2-3-7-13-12(10)15/h8,10H,2-7H2,1H3,(H,13,15). The Kier molecular flexibility index (Phi) is 3.93. The number of nitrogens with one attached hydrogen (secondary N) is 1. The van der Waals surface area contributed by atoms with Gasteiger partial charge in [0.2, 0.25) is 5.91 Å². The van der Waals surface area contributed by atoms with Crippen LogP contribution in [0.25, 0.3) is 0 Å². The van der Waals surface area contributed by atoms with Gasteiger partial charge in [0, 0.05) is 17.3 Å². The maximum Gasteiger partial charge on any atom is 0.223 e. The Bertz CT molecular complexity index is 362. The van der Waals surface area contributed by atoms with Gasteiger partial charge >= 0.3 is 0 Å². The number of hydrogen-bond donors (Lipinski definition) is 1. The number of rotatable bonds is 3. The van der Waals surface area contributed by atoms with E-state index < -0.39 is 0 Å². The van der Waals surface area contributed by atoms with E-state index in [-0.39, 0.29) is 11.8 Å². The molecule has 0 aliphatic carbocycles. The molecule has 1 unspecified atom stereocenters. The van der Waals surface area contributed by atoms with Crippen LogP contribution in [0.1, 0.15) is 36.3 Å². The van der Waals surface area contributed by atoms with E-state index in [1.165, 1.54) is 11.3 Å². The fraction of sp³-hybridized carbons (Fsp3) is 0.667. The molecular formula is C12H18N2OS. The van der Waals surface area contributed by atoms with Crippen molar-refractivity contribution in [3.05, 3.63) is 16.1 Å². The van der Waals surface area contributed by atoms with E-state index in [4.69, 9.17) is 0 Å². The van der Waals surface area contributed by atoms with Gasteiger partial charge in [0.1, 0.15) is 0 Å². The number of thiazole rings is 1. The van der Waals surface area contributed by atoms with Crippen LogP contribution in [-0.2, 0) is 11.2 Å². The van der Waals surface area contributed by atoms with Crippen molar-refractivity contribution in [2.75, 3.05) is 6.54 Å². The van der Waals surface area contributed by atoms with Crippen LogP contribution in [-0.4, -0.2) is 17.4 Å². The zero-order valence-electron chi connectivity index (χ0n) is 9.66. The molecular weight excluding hydrogens is 220 g/mol. The molecule has 1 aliphatic rings. The van der Waals surface area contributed by atoms with Gasteiger partial charge in [0.15, 0.2) is 0 Å². The first kappa shape index (κ1) is 11.6. The van der Waals surface area contributed by atoms with Gasteiger partial charge in [-0.25, -0.2) is 4.98 Å². The van der Waals surface area contributed by atoms with Crippen LogP contribution >= 0.6 is 11.3 Å². The summed E-state index contributed by atoms with van der Waals surface area (Å²) in [7, 11) is 0. The minimum absolute atomic E-state index is 0.212. The van der Waals surface area contributed by atoms with Crippen LogP contribution in [0.15, 0.2) is 5.51 Å². The molecule has 16 heavy (non-hydrogen) atoms. The van der Waals surface area contributed by atoms with Crippen LogP contribution in [0.3, 0.4) is 0 Å². The molecule has 1 aliphatic heterocycles. The van der Waals surface area contributed by atoms with Gasteiger partial charge in [0.25, 0.3) is 0 Å². The number of aryl methyl sites for hydroxylation is 2. The molecule has 0 spiro atoms. The van der Waals surface area contributed by atoms with Crippen molar-refractivity contribution in [3.8, 4) is 0 Å². The molecule has 4 heteroatoms. The van der Waals surface area contributed by atoms with Crippen molar-refractivity contribution >= 4 is 17.2 Å². The molecule has 2 rings (SSSR count). The molecule has 88 valence electrons. The van der Waals surface area contributed by atoms with Crippen molar-refractivity contribution in [3.63, 3.8) is 0 Å². The highest BCUT2D eigenvalue weighted by Gasteiger charge is 2.20. The van der Waals surface area contributed by atoms with Crippen LogP contribution in [0.4, 0.5) is 0 Å². The quantitative estimate of drug-likeness (QED) is 0.878. The van der Waals surface area contributed by atoms with Gasteiger partial charge in [-0.15, -0.1) is 11.3 Å². The van der Waals surface area contributed by atoms with E-state index in [1.54, 1.807) is 11.3 Å². The first-order valence-electron chi connectivity index (χ1n) is 5.94. The van der Waals surface area contributed by atoms with Crippen LogP contribution in [0, 0.1) is 12.8 Å². The highest BCUT2D eigenvalue weighted by atomic mass is 32.1. The van der Waals surface area contributed by atoms with Gasteiger partial charge in [-0.05, 0) is 32.6 Å². The maximum atomic E-state index is 11.7. The average molecular weight is 238 g/mol. The summed E-state index contributed by atoms with van der Waals surface area (Å²) in [4.78, 5) is 17.3. The average Bonchev–Trinajstić information content (AvgIpc) is 2.56.